The van der Waals surface area contributed by atoms with Gasteiger partial charge < -0.3 is 10.2 Å². The number of carbonyl (C=O) groups is 1. The Morgan fingerprint density at radius 3 is 2.24 bits per heavy atom. The molecular formula is C18H18F3N3O. The van der Waals surface area contributed by atoms with Crippen LogP contribution < -0.4 is 5.32 Å². The van der Waals surface area contributed by atoms with Crippen LogP contribution in [-0.4, -0.2) is 42.0 Å². The number of benzene rings is 2. The van der Waals surface area contributed by atoms with Crippen LogP contribution in [-0.2, 0) is 6.54 Å². The summed E-state index contributed by atoms with van der Waals surface area (Å²) in [5, 5.41) is 2.57. The number of piperazine rings is 1. The molecule has 1 fully saturated rings. The van der Waals surface area contributed by atoms with Gasteiger partial charge in [-0.1, -0.05) is 12.1 Å². The molecule has 25 heavy (non-hydrogen) atoms. The number of hydrogen-bond acceptors (Lipinski definition) is 2. The number of carbonyl (C=O) groups excluding carboxylic acids is 1. The zero-order chi connectivity index (χ0) is 17.8. The fourth-order valence-electron chi connectivity index (χ4n) is 2.73. The van der Waals surface area contributed by atoms with Crippen molar-refractivity contribution in [1.29, 1.82) is 0 Å². The molecule has 1 heterocycles. The van der Waals surface area contributed by atoms with E-state index in [1.807, 2.05) is 0 Å². The third-order valence-corrected chi connectivity index (χ3v) is 4.15. The van der Waals surface area contributed by atoms with Gasteiger partial charge in [-0.2, -0.15) is 0 Å². The van der Waals surface area contributed by atoms with Crippen LogP contribution in [0.25, 0.3) is 0 Å². The quantitative estimate of drug-likeness (QED) is 0.921. The SMILES string of the molecule is O=C(Nc1ccc(F)c(F)c1)N1CCN(Cc2ccc(F)cc2)CC1. The van der Waals surface area contributed by atoms with Crippen molar-refractivity contribution < 1.29 is 18.0 Å². The average molecular weight is 349 g/mol. The number of amides is 2. The molecule has 132 valence electrons. The third-order valence-electron chi connectivity index (χ3n) is 4.15. The fourth-order valence-corrected chi connectivity index (χ4v) is 2.73. The van der Waals surface area contributed by atoms with Gasteiger partial charge in [0.1, 0.15) is 5.82 Å². The zero-order valence-corrected chi connectivity index (χ0v) is 13.5. The molecule has 0 radical (unpaired) electrons. The van der Waals surface area contributed by atoms with Gasteiger partial charge in [0.05, 0.1) is 0 Å². The van der Waals surface area contributed by atoms with Crippen molar-refractivity contribution >= 4 is 11.7 Å². The minimum Gasteiger partial charge on any atom is -0.322 e. The van der Waals surface area contributed by atoms with E-state index in [1.54, 1.807) is 17.0 Å². The fraction of sp³-hybridized carbons (Fsp3) is 0.278. The number of rotatable bonds is 3. The van der Waals surface area contributed by atoms with E-state index < -0.39 is 11.6 Å². The summed E-state index contributed by atoms with van der Waals surface area (Å²) >= 11 is 0. The van der Waals surface area contributed by atoms with Crippen molar-refractivity contribution in [3.63, 3.8) is 0 Å². The zero-order valence-electron chi connectivity index (χ0n) is 13.5. The Balaban J connectivity index is 1.50. The van der Waals surface area contributed by atoms with Gasteiger partial charge in [-0.15, -0.1) is 0 Å². The van der Waals surface area contributed by atoms with E-state index >= 15 is 0 Å². The number of nitrogens with zero attached hydrogens (tertiary/aromatic N) is 2. The van der Waals surface area contributed by atoms with Crippen LogP contribution in [0.4, 0.5) is 23.7 Å². The van der Waals surface area contributed by atoms with Crippen molar-refractivity contribution in [2.45, 2.75) is 6.54 Å². The van der Waals surface area contributed by atoms with E-state index in [-0.39, 0.29) is 17.5 Å². The maximum atomic E-state index is 13.2. The second kappa shape index (κ2) is 7.57. The Morgan fingerprint density at radius 2 is 1.60 bits per heavy atom. The Labute approximate surface area is 143 Å². The van der Waals surface area contributed by atoms with Crippen LogP contribution >= 0.6 is 0 Å². The molecule has 0 aromatic heterocycles. The van der Waals surface area contributed by atoms with Gasteiger partial charge in [-0.25, -0.2) is 18.0 Å². The summed E-state index contributed by atoms with van der Waals surface area (Å²) in [6.45, 7) is 3.11. The lowest BCUT2D eigenvalue weighted by Gasteiger charge is -2.34. The summed E-state index contributed by atoms with van der Waals surface area (Å²) in [7, 11) is 0. The summed E-state index contributed by atoms with van der Waals surface area (Å²) in [6, 6.07) is 9.27. The molecule has 1 aliphatic heterocycles. The van der Waals surface area contributed by atoms with E-state index in [1.165, 1.54) is 18.2 Å². The molecule has 0 unspecified atom stereocenters. The Bertz CT molecular complexity index is 744. The van der Waals surface area contributed by atoms with Gasteiger partial charge in [0.15, 0.2) is 11.6 Å². The second-order valence-corrected chi connectivity index (χ2v) is 5.95. The average Bonchev–Trinajstić information content (AvgIpc) is 2.61. The summed E-state index contributed by atoms with van der Waals surface area (Å²) in [4.78, 5) is 16.0. The Kier molecular flexibility index (Phi) is 5.23. The van der Waals surface area contributed by atoms with Gasteiger partial charge in [0, 0.05) is 44.5 Å². The normalized spacial score (nSPS) is 15.2. The number of nitrogens with one attached hydrogen (secondary N) is 1. The van der Waals surface area contributed by atoms with Crippen LogP contribution in [0, 0.1) is 17.5 Å². The molecule has 0 aliphatic carbocycles. The Hall–Kier alpha value is -2.54. The predicted molar refractivity (Wildman–Crippen MR) is 88.6 cm³/mol. The molecule has 1 N–H and O–H groups in total. The van der Waals surface area contributed by atoms with Crippen LogP contribution in [0.1, 0.15) is 5.56 Å². The maximum absolute atomic E-state index is 13.2. The van der Waals surface area contributed by atoms with Crippen LogP contribution in [0.3, 0.4) is 0 Å². The molecule has 2 amide bonds. The van der Waals surface area contributed by atoms with Gasteiger partial charge in [-0.3, -0.25) is 4.90 Å². The first-order chi connectivity index (χ1) is 12.0. The van der Waals surface area contributed by atoms with Gasteiger partial charge >= 0.3 is 6.03 Å². The van der Waals surface area contributed by atoms with Crippen molar-refractivity contribution in [3.05, 3.63) is 65.5 Å². The summed E-state index contributed by atoms with van der Waals surface area (Å²) in [5.74, 6) is -2.21. The van der Waals surface area contributed by atoms with E-state index in [2.05, 4.69) is 10.2 Å². The number of anilines is 1. The number of halogens is 3. The third kappa shape index (κ3) is 4.51. The van der Waals surface area contributed by atoms with E-state index in [9.17, 15) is 18.0 Å². The number of hydrogen-bond donors (Lipinski definition) is 1. The molecule has 0 bridgehead atoms. The Morgan fingerprint density at radius 1 is 0.920 bits per heavy atom. The first kappa shape index (κ1) is 17.3. The highest BCUT2D eigenvalue weighted by Crippen LogP contribution is 2.15. The topological polar surface area (TPSA) is 35.6 Å². The van der Waals surface area contributed by atoms with E-state index in [0.717, 1.165) is 17.7 Å². The van der Waals surface area contributed by atoms with E-state index in [0.29, 0.717) is 32.7 Å². The smallest absolute Gasteiger partial charge is 0.321 e. The molecule has 0 saturated carbocycles. The molecule has 2 aromatic carbocycles. The van der Waals surface area contributed by atoms with Crippen molar-refractivity contribution in [1.82, 2.24) is 9.80 Å². The molecule has 4 nitrogen and oxygen atoms in total. The van der Waals surface area contributed by atoms with Crippen LogP contribution in [0.2, 0.25) is 0 Å². The largest absolute Gasteiger partial charge is 0.322 e. The summed E-state index contributed by atoms with van der Waals surface area (Å²) in [5.41, 5.74) is 1.23. The highest BCUT2D eigenvalue weighted by atomic mass is 19.2. The lowest BCUT2D eigenvalue weighted by atomic mass is 10.2. The number of urea groups is 1. The van der Waals surface area contributed by atoms with Crippen molar-refractivity contribution in [2.75, 3.05) is 31.5 Å². The van der Waals surface area contributed by atoms with Crippen molar-refractivity contribution in [2.24, 2.45) is 0 Å². The van der Waals surface area contributed by atoms with Gasteiger partial charge in [0.25, 0.3) is 0 Å². The monoisotopic (exact) mass is 349 g/mol. The maximum Gasteiger partial charge on any atom is 0.321 e. The molecule has 0 spiro atoms. The summed E-state index contributed by atoms with van der Waals surface area (Å²) < 4.78 is 39.0. The molecule has 0 atom stereocenters. The van der Waals surface area contributed by atoms with Crippen LogP contribution in [0.15, 0.2) is 42.5 Å². The highest BCUT2D eigenvalue weighted by molar-refractivity contribution is 5.89. The van der Waals surface area contributed by atoms with Gasteiger partial charge in [0.2, 0.25) is 0 Å². The molecular weight excluding hydrogens is 331 g/mol. The molecule has 3 rings (SSSR count). The minimum absolute atomic E-state index is 0.220. The minimum atomic E-state index is -0.998. The highest BCUT2D eigenvalue weighted by Gasteiger charge is 2.21. The van der Waals surface area contributed by atoms with Crippen molar-refractivity contribution in [3.8, 4) is 0 Å². The van der Waals surface area contributed by atoms with E-state index in [4.69, 9.17) is 0 Å². The first-order valence-corrected chi connectivity index (χ1v) is 7.99. The van der Waals surface area contributed by atoms with Crippen LogP contribution in [0.5, 0.6) is 0 Å². The van der Waals surface area contributed by atoms with Gasteiger partial charge in [-0.05, 0) is 29.8 Å². The molecule has 1 aliphatic rings. The molecule has 1 saturated heterocycles. The lowest BCUT2D eigenvalue weighted by molar-refractivity contribution is 0.143. The summed E-state index contributed by atoms with van der Waals surface area (Å²) in [6.07, 6.45) is 0. The standard InChI is InChI=1S/C18H18F3N3O/c19-14-3-1-13(2-4-14)12-23-7-9-24(10-8-23)18(25)22-15-5-6-16(20)17(21)11-15/h1-6,11H,7-10,12H2,(H,22,25). The lowest BCUT2D eigenvalue weighted by Crippen LogP contribution is -2.49. The second-order valence-electron chi connectivity index (χ2n) is 5.95. The first-order valence-electron chi connectivity index (χ1n) is 7.99. The molecule has 7 heteroatoms. The predicted octanol–water partition coefficient (Wildman–Crippen LogP) is 3.45. The molecule has 2 aromatic rings.